The number of hydrogen-bond acceptors (Lipinski definition) is 4. The van der Waals surface area contributed by atoms with Crippen molar-refractivity contribution in [2.24, 2.45) is 0 Å². The van der Waals surface area contributed by atoms with Crippen LogP contribution in [0, 0.1) is 13.8 Å². The Morgan fingerprint density at radius 2 is 2.04 bits per heavy atom. The lowest BCUT2D eigenvalue weighted by atomic mass is 10.1. The largest absolute Gasteiger partial charge is 0.487 e. The lowest BCUT2D eigenvalue weighted by Gasteiger charge is -2.11. The summed E-state index contributed by atoms with van der Waals surface area (Å²) in [4.78, 5) is 16.8. The van der Waals surface area contributed by atoms with Crippen LogP contribution in [0.2, 0.25) is 0 Å². The molecule has 0 radical (unpaired) electrons. The Bertz CT molecular complexity index is 992. The quantitative estimate of drug-likeness (QED) is 0.536. The fourth-order valence-corrected chi connectivity index (χ4v) is 3.48. The van der Waals surface area contributed by atoms with Gasteiger partial charge >= 0.3 is 0 Å². The number of carbonyl (C=O) groups is 1. The van der Waals surface area contributed by atoms with Crippen LogP contribution in [0.4, 0.5) is 5.69 Å². The summed E-state index contributed by atoms with van der Waals surface area (Å²) in [6.07, 6.45) is 4.22. The topological polar surface area (TPSA) is 51.2 Å². The number of aryl methyl sites for hydroxylation is 3. The molecule has 2 aromatic carbocycles. The first-order valence-corrected chi connectivity index (χ1v) is 10.1. The average molecular weight is 393 g/mol. The molecular formula is C23H24N2O2S. The van der Waals surface area contributed by atoms with Crippen LogP contribution in [-0.4, -0.2) is 10.9 Å². The SMILES string of the molecule is CCc1cccc(C)c1NC(=O)/C=C/c1cccc(OCc2csc(C)n2)c1. The van der Waals surface area contributed by atoms with Crippen LogP contribution in [0.25, 0.3) is 6.08 Å². The van der Waals surface area contributed by atoms with Gasteiger partial charge in [0.1, 0.15) is 12.4 Å². The average Bonchev–Trinajstić information content (AvgIpc) is 3.12. The number of benzene rings is 2. The highest BCUT2D eigenvalue weighted by Crippen LogP contribution is 2.21. The Morgan fingerprint density at radius 1 is 1.21 bits per heavy atom. The van der Waals surface area contributed by atoms with Crippen molar-refractivity contribution in [1.82, 2.24) is 4.98 Å². The minimum Gasteiger partial charge on any atom is -0.487 e. The molecule has 0 spiro atoms. The number of ether oxygens (including phenoxy) is 1. The number of amides is 1. The minimum atomic E-state index is -0.145. The first-order valence-electron chi connectivity index (χ1n) is 9.26. The van der Waals surface area contributed by atoms with Crippen molar-refractivity contribution in [2.45, 2.75) is 33.8 Å². The number of carbonyl (C=O) groups excluding carboxylic acids is 1. The molecule has 0 aliphatic carbocycles. The molecule has 144 valence electrons. The molecule has 0 unspecified atom stereocenters. The highest BCUT2D eigenvalue weighted by Gasteiger charge is 2.06. The van der Waals surface area contributed by atoms with E-state index in [4.69, 9.17) is 4.74 Å². The van der Waals surface area contributed by atoms with Gasteiger partial charge in [-0.05, 0) is 55.2 Å². The summed E-state index contributed by atoms with van der Waals surface area (Å²) < 4.78 is 5.80. The van der Waals surface area contributed by atoms with Gasteiger partial charge in [-0.3, -0.25) is 4.79 Å². The van der Waals surface area contributed by atoms with Crippen molar-refractivity contribution in [3.8, 4) is 5.75 Å². The Kier molecular flexibility index (Phi) is 6.61. The molecule has 1 aromatic heterocycles. The summed E-state index contributed by atoms with van der Waals surface area (Å²) in [6.45, 7) is 6.50. The molecule has 1 heterocycles. The van der Waals surface area contributed by atoms with Gasteiger partial charge < -0.3 is 10.1 Å². The van der Waals surface area contributed by atoms with Crippen LogP contribution in [0.3, 0.4) is 0 Å². The van der Waals surface area contributed by atoms with Crippen molar-refractivity contribution in [2.75, 3.05) is 5.32 Å². The number of rotatable bonds is 7. The number of nitrogens with zero attached hydrogens (tertiary/aromatic N) is 1. The Hall–Kier alpha value is -2.92. The molecule has 0 saturated carbocycles. The molecule has 1 amide bonds. The third-order valence-corrected chi connectivity index (χ3v) is 5.15. The molecule has 4 nitrogen and oxygen atoms in total. The smallest absolute Gasteiger partial charge is 0.248 e. The van der Waals surface area contributed by atoms with Gasteiger partial charge in [-0.2, -0.15) is 0 Å². The summed E-state index contributed by atoms with van der Waals surface area (Å²) in [5.41, 5.74) is 4.92. The fourth-order valence-electron chi connectivity index (χ4n) is 2.88. The van der Waals surface area contributed by atoms with Crippen LogP contribution in [-0.2, 0) is 17.8 Å². The summed E-state index contributed by atoms with van der Waals surface area (Å²) in [5.74, 6) is 0.605. The maximum atomic E-state index is 12.4. The predicted octanol–water partition coefficient (Wildman–Crippen LogP) is 5.55. The maximum Gasteiger partial charge on any atom is 0.248 e. The minimum absolute atomic E-state index is 0.145. The lowest BCUT2D eigenvalue weighted by Crippen LogP contribution is -2.11. The van der Waals surface area contributed by atoms with E-state index < -0.39 is 0 Å². The molecule has 3 aromatic rings. The summed E-state index contributed by atoms with van der Waals surface area (Å²) in [5, 5.41) is 6.03. The Labute approximate surface area is 169 Å². The van der Waals surface area contributed by atoms with E-state index >= 15 is 0 Å². The molecule has 5 heteroatoms. The van der Waals surface area contributed by atoms with Gasteiger partial charge in [0, 0.05) is 17.1 Å². The zero-order valence-electron chi connectivity index (χ0n) is 16.4. The van der Waals surface area contributed by atoms with Gasteiger partial charge in [0.25, 0.3) is 0 Å². The third-order valence-electron chi connectivity index (χ3n) is 4.33. The van der Waals surface area contributed by atoms with Crippen molar-refractivity contribution >= 4 is 29.0 Å². The normalized spacial score (nSPS) is 11.0. The molecular weight excluding hydrogens is 368 g/mol. The van der Waals surface area contributed by atoms with Crippen molar-refractivity contribution in [1.29, 1.82) is 0 Å². The van der Waals surface area contributed by atoms with Crippen LogP contribution in [0.15, 0.2) is 53.9 Å². The fraction of sp³-hybridized carbons (Fsp3) is 0.217. The number of thiazole rings is 1. The van der Waals surface area contributed by atoms with Gasteiger partial charge in [0.15, 0.2) is 0 Å². The monoisotopic (exact) mass is 392 g/mol. The number of hydrogen-bond donors (Lipinski definition) is 1. The third kappa shape index (κ3) is 5.30. The summed E-state index contributed by atoms with van der Waals surface area (Å²) >= 11 is 1.61. The van der Waals surface area contributed by atoms with E-state index in [1.54, 1.807) is 23.5 Å². The standard InChI is InChI=1S/C23H24N2O2S/c1-4-19-9-5-7-16(2)23(19)25-22(26)12-11-18-8-6-10-21(13-18)27-14-20-15-28-17(3)24-20/h5-13,15H,4,14H2,1-3H3,(H,25,26)/b12-11+. The Morgan fingerprint density at radius 3 is 2.79 bits per heavy atom. The lowest BCUT2D eigenvalue weighted by molar-refractivity contribution is -0.111. The first-order chi connectivity index (χ1) is 13.5. The van der Waals surface area contributed by atoms with E-state index in [1.807, 2.05) is 61.7 Å². The molecule has 0 atom stereocenters. The molecule has 0 fully saturated rings. The summed E-state index contributed by atoms with van der Waals surface area (Å²) in [7, 11) is 0. The van der Waals surface area contributed by atoms with Crippen molar-refractivity contribution in [3.05, 3.63) is 81.3 Å². The molecule has 0 bridgehead atoms. The van der Waals surface area contributed by atoms with Crippen LogP contribution >= 0.6 is 11.3 Å². The molecule has 0 saturated heterocycles. The number of nitrogens with one attached hydrogen (secondary N) is 1. The second kappa shape index (κ2) is 9.33. The van der Waals surface area contributed by atoms with E-state index in [2.05, 4.69) is 17.2 Å². The zero-order chi connectivity index (χ0) is 19.9. The van der Waals surface area contributed by atoms with Crippen molar-refractivity contribution in [3.63, 3.8) is 0 Å². The van der Waals surface area contributed by atoms with Gasteiger partial charge in [0.2, 0.25) is 5.91 Å². The van der Waals surface area contributed by atoms with Gasteiger partial charge in [-0.15, -0.1) is 11.3 Å². The number of aromatic nitrogens is 1. The number of anilines is 1. The van der Waals surface area contributed by atoms with E-state index in [0.717, 1.165) is 45.2 Å². The second-order valence-corrected chi connectivity index (χ2v) is 7.57. The Balaban J connectivity index is 1.63. The van der Waals surface area contributed by atoms with Crippen LogP contribution in [0.5, 0.6) is 5.75 Å². The highest BCUT2D eigenvalue weighted by atomic mass is 32.1. The van der Waals surface area contributed by atoms with Gasteiger partial charge in [-0.1, -0.05) is 37.3 Å². The van der Waals surface area contributed by atoms with E-state index in [0.29, 0.717) is 6.61 Å². The van der Waals surface area contributed by atoms with Crippen LogP contribution < -0.4 is 10.1 Å². The highest BCUT2D eigenvalue weighted by molar-refractivity contribution is 7.09. The summed E-state index contributed by atoms with van der Waals surface area (Å²) in [6, 6.07) is 13.7. The van der Waals surface area contributed by atoms with Crippen molar-refractivity contribution < 1.29 is 9.53 Å². The van der Waals surface area contributed by atoms with Gasteiger partial charge in [0.05, 0.1) is 10.7 Å². The first kappa shape index (κ1) is 19.8. The van der Waals surface area contributed by atoms with E-state index in [9.17, 15) is 4.79 Å². The molecule has 28 heavy (non-hydrogen) atoms. The number of para-hydroxylation sites is 1. The predicted molar refractivity (Wildman–Crippen MR) is 116 cm³/mol. The molecule has 1 N–H and O–H groups in total. The zero-order valence-corrected chi connectivity index (χ0v) is 17.2. The van der Waals surface area contributed by atoms with E-state index in [1.165, 1.54) is 0 Å². The maximum absolute atomic E-state index is 12.4. The molecule has 0 aliphatic heterocycles. The molecule has 3 rings (SSSR count). The van der Waals surface area contributed by atoms with Gasteiger partial charge in [-0.25, -0.2) is 4.98 Å². The molecule has 0 aliphatic rings. The van der Waals surface area contributed by atoms with Crippen LogP contribution in [0.1, 0.15) is 34.3 Å². The second-order valence-electron chi connectivity index (χ2n) is 6.50. The van der Waals surface area contributed by atoms with E-state index in [-0.39, 0.29) is 5.91 Å².